The van der Waals surface area contributed by atoms with E-state index in [0.29, 0.717) is 6.42 Å². The number of hydrogen-bond acceptors (Lipinski definition) is 1. The summed E-state index contributed by atoms with van der Waals surface area (Å²) in [5.41, 5.74) is 0. The molecule has 0 spiro atoms. The summed E-state index contributed by atoms with van der Waals surface area (Å²) in [5, 5.41) is 0. The van der Waals surface area contributed by atoms with Gasteiger partial charge in [0.05, 0.1) is 0 Å². The molecule has 0 fully saturated rings. The Morgan fingerprint density at radius 3 is 2.43 bits per heavy atom. The van der Waals surface area contributed by atoms with Crippen LogP contribution in [0.25, 0.3) is 0 Å². The standard InChI is InChI=1S/C13H20O/c1-3-4-5-6-7-8-9-10-11-12-13(2)14/h3,5-6,8-9H,1,4,7,10-12H2,2H3/b6-5-,9-8-. The van der Waals surface area contributed by atoms with Crippen LogP contribution in [0.5, 0.6) is 0 Å². The molecule has 0 amide bonds. The van der Waals surface area contributed by atoms with E-state index in [9.17, 15) is 4.79 Å². The van der Waals surface area contributed by atoms with Crippen molar-refractivity contribution in [3.8, 4) is 0 Å². The molecule has 0 aliphatic carbocycles. The van der Waals surface area contributed by atoms with Gasteiger partial charge in [-0.2, -0.15) is 0 Å². The highest BCUT2D eigenvalue weighted by molar-refractivity contribution is 5.75. The number of Topliss-reactive ketones (excluding diaryl/α,β-unsaturated/α-hetero) is 1. The molecular formula is C13H20O. The van der Waals surface area contributed by atoms with Crippen molar-refractivity contribution in [2.24, 2.45) is 0 Å². The van der Waals surface area contributed by atoms with E-state index in [4.69, 9.17) is 0 Å². The van der Waals surface area contributed by atoms with Crippen molar-refractivity contribution in [2.45, 2.75) is 39.0 Å². The molecule has 0 unspecified atom stereocenters. The average molecular weight is 192 g/mol. The third-order valence-electron chi connectivity index (χ3n) is 1.81. The molecule has 0 aromatic carbocycles. The molecule has 0 atom stereocenters. The first-order valence-electron chi connectivity index (χ1n) is 5.17. The van der Waals surface area contributed by atoms with Crippen molar-refractivity contribution in [2.75, 3.05) is 0 Å². The van der Waals surface area contributed by atoms with Crippen molar-refractivity contribution in [1.82, 2.24) is 0 Å². The van der Waals surface area contributed by atoms with Crippen LogP contribution in [0.3, 0.4) is 0 Å². The number of unbranched alkanes of at least 4 members (excludes halogenated alkanes) is 1. The van der Waals surface area contributed by atoms with E-state index in [1.807, 2.05) is 6.08 Å². The van der Waals surface area contributed by atoms with Crippen LogP contribution in [0.4, 0.5) is 0 Å². The number of hydrogen-bond donors (Lipinski definition) is 0. The van der Waals surface area contributed by atoms with Gasteiger partial charge in [-0.1, -0.05) is 30.4 Å². The number of allylic oxidation sites excluding steroid dienone is 5. The minimum atomic E-state index is 0.282. The van der Waals surface area contributed by atoms with Crippen LogP contribution in [0.2, 0.25) is 0 Å². The lowest BCUT2D eigenvalue weighted by atomic mass is 10.2. The van der Waals surface area contributed by atoms with Crippen LogP contribution >= 0.6 is 0 Å². The normalized spacial score (nSPS) is 11.2. The molecule has 0 radical (unpaired) electrons. The van der Waals surface area contributed by atoms with Crippen molar-refractivity contribution >= 4 is 5.78 Å². The number of rotatable bonds is 8. The Morgan fingerprint density at radius 2 is 1.79 bits per heavy atom. The summed E-state index contributed by atoms with van der Waals surface area (Å²) in [7, 11) is 0. The number of ketones is 1. The first-order valence-corrected chi connectivity index (χ1v) is 5.17. The minimum Gasteiger partial charge on any atom is -0.300 e. The lowest BCUT2D eigenvalue weighted by molar-refractivity contribution is -0.117. The molecule has 78 valence electrons. The topological polar surface area (TPSA) is 17.1 Å². The fraction of sp³-hybridized carbons (Fsp3) is 0.462. The van der Waals surface area contributed by atoms with E-state index in [1.165, 1.54) is 0 Å². The predicted octanol–water partition coefficient (Wildman–Crippen LogP) is 3.82. The summed E-state index contributed by atoms with van der Waals surface area (Å²) in [4.78, 5) is 10.6. The molecule has 0 heterocycles. The molecule has 1 heteroatoms. The van der Waals surface area contributed by atoms with Gasteiger partial charge in [0.15, 0.2) is 0 Å². The van der Waals surface area contributed by atoms with Gasteiger partial charge in [-0.05, 0) is 32.6 Å². The average Bonchev–Trinajstić information content (AvgIpc) is 2.15. The number of carbonyl (C=O) groups excluding carboxylic acids is 1. The van der Waals surface area contributed by atoms with Gasteiger partial charge in [0.2, 0.25) is 0 Å². The molecule has 0 saturated heterocycles. The highest BCUT2D eigenvalue weighted by atomic mass is 16.1. The zero-order valence-corrected chi connectivity index (χ0v) is 9.04. The summed E-state index contributed by atoms with van der Waals surface area (Å²) in [6, 6.07) is 0. The third kappa shape index (κ3) is 10.9. The summed E-state index contributed by atoms with van der Waals surface area (Å²) in [6.45, 7) is 5.27. The number of carbonyl (C=O) groups is 1. The highest BCUT2D eigenvalue weighted by Gasteiger charge is 1.89. The summed E-state index contributed by atoms with van der Waals surface area (Å²) in [5.74, 6) is 0.282. The fourth-order valence-electron chi connectivity index (χ4n) is 1.05. The molecule has 0 saturated carbocycles. The molecule has 0 aromatic heterocycles. The molecule has 0 aliphatic rings. The predicted molar refractivity (Wildman–Crippen MR) is 62.2 cm³/mol. The largest absolute Gasteiger partial charge is 0.300 e. The van der Waals surface area contributed by atoms with Gasteiger partial charge in [-0.25, -0.2) is 0 Å². The van der Waals surface area contributed by atoms with Gasteiger partial charge in [0.1, 0.15) is 5.78 Å². The molecule has 0 rings (SSSR count). The third-order valence-corrected chi connectivity index (χ3v) is 1.81. The maximum Gasteiger partial charge on any atom is 0.129 e. The van der Waals surface area contributed by atoms with Gasteiger partial charge in [-0.3, -0.25) is 0 Å². The van der Waals surface area contributed by atoms with Crippen LogP contribution in [0.15, 0.2) is 37.0 Å². The van der Waals surface area contributed by atoms with Gasteiger partial charge in [0.25, 0.3) is 0 Å². The van der Waals surface area contributed by atoms with E-state index in [0.717, 1.165) is 25.7 Å². The summed E-state index contributed by atoms with van der Waals surface area (Å²) >= 11 is 0. The van der Waals surface area contributed by atoms with Gasteiger partial charge < -0.3 is 4.79 Å². The van der Waals surface area contributed by atoms with Gasteiger partial charge >= 0.3 is 0 Å². The minimum absolute atomic E-state index is 0.282. The molecule has 14 heavy (non-hydrogen) atoms. The quantitative estimate of drug-likeness (QED) is 0.422. The second kappa shape index (κ2) is 9.97. The molecular weight excluding hydrogens is 172 g/mol. The van der Waals surface area contributed by atoms with Crippen molar-refractivity contribution in [3.05, 3.63) is 37.0 Å². The van der Waals surface area contributed by atoms with E-state index in [1.54, 1.807) is 6.92 Å². The first-order chi connectivity index (χ1) is 6.77. The van der Waals surface area contributed by atoms with E-state index in [2.05, 4.69) is 30.9 Å². The molecule has 0 N–H and O–H groups in total. The Morgan fingerprint density at radius 1 is 1.14 bits per heavy atom. The van der Waals surface area contributed by atoms with Crippen LogP contribution < -0.4 is 0 Å². The van der Waals surface area contributed by atoms with Crippen molar-refractivity contribution in [3.63, 3.8) is 0 Å². The van der Waals surface area contributed by atoms with Crippen LogP contribution in [-0.2, 0) is 4.79 Å². The maximum absolute atomic E-state index is 10.6. The van der Waals surface area contributed by atoms with Gasteiger partial charge in [0, 0.05) is 6.42 Å². The Bertz CT molecular complexity index is 211. The zero-order valence-electron chi connectivity index (χ0n) is 9.04. The Labute approximate surface area is 87.2 Å². The van der Waals surface area contributed by atoms with Crippen molar-refractivity contribution in [1.29, 1.82) is 0 Å². The molecule has 1 nitrogen and oxygen atoms in total. The van der Waals surface area contributed by atoms with Crippen molar-refractivity contribution < 1.29 is 4.79 Å². The molecule has 0 bridgehead atoms. The monoisotopic (exact) mass is 192 g/mol. The Kier molecular flexibility index (Phi) is 9.18. The Hall–Kier alpha value is -1.11. The van der Waals surface area contributed by atoms with Crippen LogP contribution in [-0.4, -0.2) is 5.78 Å². The summed E-state index contributed by atoms with van der Waals surface area (Å²) in [6.07, 6.45) is 15.0. The SMILES string of the molecule is C=CC/C=C\C/C=C\CCCC(C)=O. The van der Waals surface area contributed by atoms with Crippen LogP contribution in [0.1, 0.15) is 39.0 Å². The van der Waals surface area contributed by atoms with E-state index >= 15 is 0 Å². The van der Waals surface area contributed by atoms with Crippen LogP contribution in [0, 0.1) is 0 Å². The summed E-state index contributed by atoms with van der Waals surface area (Å²) < 4.78 is 0. The second-order valence-corrected chi connectivity index (χ2v) is 3.30. The van der Waals surface area contributed by atoms with E-state index < -0.39 is 0 Å². The van der Waals surface area contributed by atoms with Gasteiger partial charge in [-0.15, -0.1) is 6.58 Å². The zero-order chi connectivity index (χ0) is 10.6. The Balaban J connectivity index is 3.27. The first kappa shape index (κ1) is 12.9. The highest BCUT2D eigenvalue weighted by Crippen LogP contribution is 1.98. The molecule has 0 aromatic rings. The second-order valence-electron chi connectivity index (χ2n) is 3.30. The lowest BCUT2D eigenvalue weighted by Gasteiger charge is -1.90. The smallest absolute Gasteiger partial charge is 0.129 e. The maximum atomic E-state index is 10.6. The molecule has 0 aliphatic heterocycles. The lowest BCUT2D eigenvalue weighted by Crippen LogP contribution is -1.87. The van der Waals surface area contributed by atoms with E-state index in [-0.39, 0.29) is 5.78 Å². The fourth-order valence-corrected chi connectivity index (χ4v) is 1.05.